The molecule has 11 nitrogen and oxygen atoms in total. The second-order valence-corrected chi connectivity index (χ2v) is 11.4. The number of carbonyl (C=O) groups is 3. The van der Waals surface area contributed by atoms with Gasteiger partial charge in [0.25, 0.3) is 0 Å². The summed E-state index contributed by atoms with van der Waals surface area (Å²) in [5, 5.41) is 0. The van der Waals surface area contributed by atoms with Crippen LogP contribution >= 0.6 is 0 Å². The Labute approximate surface area is 236 Å². The van der Waals surface area contributed by atoms with Gasteiger partial charge in [0.15, 0.2) is 0 Å². The van der Waals surface area contributed by atoms with Gasteiger partial charge in [-0.25, -0.2) is 14.4 Å². The fraction of sp³-hybridized carbons (Fsp3) is 0.897. The molecule has 0 aromatic heterocycles. The van der Waals surface area contributed by atoms with Gasteiger partial charge in [0, 0.05) is 14.2 Å². The predicted molar refractivity (Wildman–Crippen MR) is 141 cm³/mol. The van der Waals surface area contributed by atoms with E-state index in [0.29, 0.717) is 25.7 Å². The molecule has 0 saturated heterocycles. The van der Waals surface area contributed by atoms with E-state index in [1.165, 1.54) is 0 Å². The molecule has 0 heterocycles. The summed E-state index contributed by atoms with van der Waals surface area (Å²) in [7, 11) is 3.24. The van der Waals surface area contributed by atoms with Crippen molar-refractivity contribution >= 4 is 18.5 Å². The molecule has 0 radical (unpaired) electrons. The molecule has 8 atom stereocenters. The maximum atomic E-state index is 12.8. The van der Waals surface area contributed by atoms with Crippen molar-refractivity contribution in [1.29, 1.82) is 0 Å². The third-order valence-corrected chi connectivity index (χ3v) is 8.66. The van der Waals surface area contributed by atoms with Gasteiger partial charge >= 0.3 is 18.5 Å². The molecule has 0 aliphatic heterocycles. The number of hydrogen-bond acceptors (Lipinski definition) is 11. The quantitative estimate of drug-likeness (QED) is 0.253. The Bertz CT molecular complexity index is 756. The van der Waals surface area contributed by atoms with Crippen LogP contribution in [0.3, 0.4) is 0 Å². The van der Waals surface area contributed by atoms with E-state index in [1.54, 1.807) is 14.2 Å². The highest BCUT2D eigenvalue weighted by Gasteiger charge is 2.38. The first kappa shape index (κ1) is 30.7. The Morgan fingerprint density at radius 1 is 0.350 bits per heavy atom. The normalized spacial score (nSPS) is 34.6. The molecular formula is C29H46O11. The number of rotatable bonds is 8. The Morgan fingerprint density at radius 3 is 0.725 bits per heavy atom. The first-order chi connectivity index (χ1) is 19.5. The fourth-order valence-corrected chi connectivity index (χ4v) is 6.42. The topological polar surface area (TPSA) is 125 Å². The second kappa shape index (κ2) is 15.7. The van der Waals surface area contributed by atoms with Crippen LogP contribution < -0.4 is 0 Å². The largest absolute Gasteiger partial charge is 0.509 e. The van der Waals surface area contributed by atoms with Crippen LogP contribution in [0.4, 0.5) is 14.4 Å². The molecule has 4 rings (SSSR count). The Morgan fingerprint density at radius 2 is 0.525 bits per heavy atom. The standard InChI is InChI=1S/C29H46O11/c1-33-19-11-3-5-13-21(19)35-27(30)37-23-15-7-9-17-25(23)39-29(32)40-26-18-10-8-16-24(26)38-28(31)36-22-14-6-4-12-20(22)34-2/h19-26H,3-18H2,1-2H3/t19-,20-,21+,22?,23?,24+,25-,26?/m0/s1. The SMILES string of the molecule is CO[C@H]1CCCCC1OC(=O)O[C@@H]1CCCCC1OC(=O)O[C@H]1CCCCC1OC(=O)O[C@@H]1CCCC[C@@H]1OC. The molecule has 4 aliphatic carbocycles. The predicted octanol–water partition coefficient (Wildman–Crippen LogP) is 5.98. The van der Waals surface area contributed by atoms with Crippen LogP contribution in [0, 0.1) is 0 Å². The van der Waals surface area contributed by atoms with Gasteiger partial charge in [-0.3, -0.25) is 0 Å². The molecule has 0 N–H and O–H groups in total. The van der Waals surface area contributed by atoms with E-state index in [4.69, 9.17) is 37.9 Å². The highest BCUT2D eigenvalue weighted by molar-refractivity contribution is 5.62. The highest BCUT2D eigenvalue weighted by atomic mass is 16.8. The minimum Gasteiger partial charge on any atom is -0.428 e. The summed E-state index contributed by atoms with van der Waals surface area (Å²) in [4.78, 5) is 38.0. The zero-order chi connectivity index (χ0) is 28.3. The third-order valence-electron chi connectivity index (χ3n) is 8.66. The number of methoxy groups -OCH3 is 2. The van der Waals surface area contributed by atoms with E-state index in [0.717, 1.165) is 77.0 Å². The Balaban J connectivity index is 1.25. The molecule has 11 heteroatoms. The van der Waals surface area contributed by atoms with Crippen molar-refractivity contribution in [2.24, 2.45) is 0 Å². The number of ether oxygens (including phenoxy) is 8. The average Bonchev–Trinajstić information content (AvgIpc) is 2.95. The fourth-order valence-electron chi connectivity index (χ4n) is 6.42. The highest BCUT2D eigenvalue weighted by Crippen LogP contribution is 2.30. The van der Waals surface area contributed by atoms with Gasteiger partial charge < -0.3 is 37.9 Å². The molecule has 0 bridgehead atoms. The van der Waals surface area contributed by atoms with Gasteiger partial charge in [0.2, 0.25) is 0 Å². The van der Waals surface area contributed by atoms with Crippen LogP contribution in [-0.2, 0) is 37.9 Å². The van der Waals surface area contributed by atoms with Gasteiger partial charge in [-0.05, 0) is 89.9 Å². The van der Waals surface area contributed by atoms with Crippen LogP contribution in [0.1, 0.15) is 103 Å². The summed E-state index contributed by atoms with van der Waals surface area (Å²) in [6.45, 7) is 0. The Kier molecular flexibility index (Phi) is 12.0. The van der Waals surface area contributed by atoms with Gasteiger partial charge in [0.05, 0.1) is 12.2 Å². The van der Waals surface area contributed by atoms with E-state index in [1.807, 2.05) is 0 Å². The maximum Gasteiger partial charge on any atom is 0.509 e. The maximum absolute atomic E-state index is 12.8. The van der Waals surface area contributed by atoms with Crippen molar-refractivity contribution in [3.8, 4) is 0 Å². The van der Waals surface area contributed by atoms with Crippen LogP contribution in [0.2, 0.25) is 0 Å². The lowest BCUT2D eigenvalue weighted by Crippen LogP contribution is -2.43. The molecule has 4 fully saturated rings. The smallest absolute Gasteiger partial charge is 0.428 e. The van der Waals surface area contributed by atoms with Crippen molar-refractivity contribution in [3.63, 3.8) is 0 Å². The molecular weight excluding hydrogens is 524 g/mol. The van der Waals surface area contributed by atoms with Crippen molar-refractivity contribution in [3.05, 3.63) is 0 Å². The van der Waals surface area contributed by atoms with Crippen molar-refractivity contribution < 1.29 is 52.3 Å². The van der Waals surface area contributed by atoms with Crippen molar-refractivity contribution in [2.75, 3.05) is 14.2 Å². The minimum absolute atomic E-state index is 0.137. The summed E-state index contributed by atoms with van der Waals surface area (Å²) in [5.74, 6) is 0. The lowest BCUT2D eigenvalue weighted by atomic mass is 9.94. The molecule has 228 valence electrons. The lowest BCUT2D eigenvalue weighted by Gasteiger charge is -2.34. The van der Waals surface area contributed by atoms with E-state index < -0.39 is 42.9 Å². The number of carbonyl (C=O) groups excluding carboxylic acids is 3. The van der Waals surface area contributed by atoms with Gasteiger partial charge in [0.1, 0.15) is 36.6 Å². The molecule has 40 heavy (non-hydrogen) atoms. The summed E-state index contributed by atoms with van der Waals surface area (Å²) in [6, 6.07) is 0. The zero-order valence-electron chi connectivity index (χ0n) is 23.9. The molecule has 0 aromatic rings. The summed E-state index contributed by atoms with van der Waals surface area (Å²) in [6.07, 6.45) is 6.92. The summed E-state index contributed by atoms with van der Waals surface area (Å²) in [5.41, 5.74) is 0. The lowest BCUT2D eigenvalue weighted by molar-refractivity contribution is -0.117. The van der Waals surface area contributed by atoms with Crippen LogP contribution in [-0.4, -0.2) is 81.5 Å². The zero-order valence-corrected chi connectivity index (χ0v) is 23.9. The average molecular weight is 571 g/mol. The minimum atomic E-state index is -0.860. The first-order valence-corrected chi connectivity index (χ1v) is 15.1. The molecule has 4 aliphatic rings. The molecule has 4 saturated carbocycles. The summed E-state index contributed by atoms with van der Waals surface area (Å²) < 4.78 is 44.5. The molecule has 3 unspecified atom stereocenters. The summed E-state index contributed by atoms with van der Waals surface area (Å²) >= 11 is 0. The van der Waals surface area contributed by atoms with Crippen molar-refractivity contribution in [1.82, 2.24) is 0 Å². The Hall–Kier alpha value is -2.27. The van der Waals surface area contributed by atoms with E-state index in [-0.39, 0.29) is 24.4 Å². The van der Waals surface area contributed by atoms with E-state index in [9.17, 15) is 14.4 Å². The van der Waals surface area contributed by atoms with Gasteiger partial charge in [-0.15, -0.1) is 0 Å². The third kappa shape index (κ3) is 8.86. The van der Waals surface area contributed by atoms with Crippen LogP contribution in [0.15, 0.2) is 0 Å². The molecule has 0 aromatic carbocycles. The monoisotopic (exact) mass is 570 g/mol. The van der Waals surface area contributed by atoms with E-state index in [2.05, 4.69) is 0 Å². The van der Waals surface area contributed by atoms with Crippen LogP contribution in [0.5, 0.6) is 0 Å². The number of hydrogen-bond donors (Lipinski definition) is 0. The second-order valence-electron chi connectivity index (χ2n) is 11.4. The first-order valence-electron chi connectivity index (χ1n) is 15.1. The van der Waals surface area contributed by atoms with Crippen LogP contribution in [0.25, 0.3) is 0 Å². The van der Waals surface area contributed by atoms with E-state index >= 15 is 0 Å². The van der Waals surface area contributed by atoms with Crippen molar-refractivity contribution in [2.45, 2.75) is 152 Å². The molecule has 0 amide bonds. The molecule has 0 spiro atoms. The van der Waals surface area contributed by atoms with Gasteiger partial charge in [-0.1, -0.05) is 12.8 Å². The van der Waals surface area contributed by atoms with Gasteiger partial charge in [-0.2, -0.15) is 0 Å².